The third-order valence-corrected chi connectivity index (χ3v) is 4.41. The number of hydrogen-bond acceptors (Lipinski definition) is 5. The highest BCUT2D eigenvalue weighted by Gasteiger charge is 2.11. The molecule has 0 unspecified atom stereocenters. The molecule has 1 N–H and O–H groups in total. The van der Waals surface area contributed by atoms with Crippen LogP contribution in [-0.4, -0.2) is 22.7 Å². The molecule has 0 saturated carbocycles. The van der Waals surface area contributed by atoms with E-state index in [4.69, 9.17) is 9.26 Å². The molecular weight excluding hydrogens is 404 g/mol. The molecule has 0 spiro atoms. The predicted molar refractivity (Wildman–Crippen MR) is 110 cm³/mol. The topological polar surface area (TPSA) is 77.2 Å². The number of rotatable bonds is 6. The van der Waals surface area contributed by atoms with Crippen LogP contribution in [0, 0.1) is 18.6 Å². The molecule has 31 heavy (non-hydrogen) atoms. The van der Waals surface area contributed by atoms with Crippen molar-refractivity contribution in [2.24, 2.45) is 0 Å². The first-order valence-electron chi connectivity index (χ1n) is 9.37. The smallest absolute Gasteiger partial charge is 0.262 e. The Bertz CT molecular complexity index is 1210. The second-order valence-electron chi connectivity index (χ2n) is 6.78. The number of aromatic nitrogens is 2. The molecule has 1 aromatic heterocycles. The van der Waals surface area contributed by atoms with E-state index in [-0.39, 0.29) is 12.3 Å². The molecule has 3 aromatic carbocycles. The van der Waals surface area contributed by atoms with Gasteiger partial charge in [0.1, 0.15) is 5.75 Å². The van der Waals surface area contributed by atoms with E-state index in [1.807, 2.05) is 31.2 Å². The Balaban J connectivity index is 1.35. The maximum Gasteiger partial charge on any atom is 0.262 e. The fraction of sp³-hybridized carbons (Fsp3) is 0.0870. The summed E-state index contributed by atoms with van der Waals surface area (Å²) in [6.07, 6.45) is 0. The van der Waals surface area contributed by atoms with Crippen molar-refractivity contribution in [2.75, 3.05) is 11.9 Å². The Hall–Kier alpha value is -4.07. The molecule has 4 aromatic rings. The van der Waals surface area contributed by atoms with E-state index in [1.165, 1.54) is 6.07 Å². The van der Waals surface area contributed by atoms with Crippen LogP contribution in [0.1, 0.15) is 5.56 Å². The summed E-state index contributed by atoms with van der Waals surface area (Å²) < 4.78 is 36.9. The van der Waals surface area contributed by atoms with Gasteiger partial charge in [0.15, 0.2) is 18.2 Å². The number of ether oxygens (including phenoxy) is 1. The van der Waals surface area contributed by atoms with E-state index >= 15 is 0 Å². The molecule has 0 saturated heterocycles. The van der Waals surface area contributed by atoms with Gasteiger partial charge < -0.3 is 14.6 Å². The SMILES string of the molecule is Cc1ccc(-c2noc(-c3ccc(OCC(=O)Nc4ccc(F)c(F)c4)cc3)n2)cc1. The first kappa shape index (κ1) is 20.2. The molecule has 0 atom stereocenters. The largest absolute Gasteiger partial charge is 0.484 e. The van der Waals surface area contributed by atoms with Crippen molar-refractivity contribution in [3.8, 4) is 28.6 Å². The highest BCUT2D eigenvalue weighted by Crippen LogP contribution is 2.24. The molecule has 0 aliphatic heterocycles. The molecule has 0 aliphatic carbocycles. The lowest BCUT2D eigenvalue weighted by molar-refractivity contribution is -0.118. The second kappa shape index (κ2) is 8.74. The summed E-state index contributed by atoms with van der Waals surface area (Å²) in [4.78, 5) is 16.3. The van der Waals surface area contributed by atoms with Gasteiger partial charge in [-0.15, -0.1) is 0 Å². The van der Waals surface area contributed by atoms with Gasteiger partial charge in [-0.1, -0.05) is 35.0 Å². The fourth-order valence-corrected chi connectivity index (χ4v) is 2.77. The normalized spacial score (nSPS) is 10.7. The van der Waals surface area contributed by atoms with Gasteiger partial charge in [0.25, 0.3) is 11.8 Å². The average Bonchev–Trinajstić information content (AvgIpc) is 3.26. The Morgan fingerprint density at radius 3 is 2.39 bits per heavy atom. The van der Waals surface area contributed by atoms with Gasteiger partial charge >= 0.3 is 0 Å². The first-order valence-corrected chi connectivity index (χ1v) is 9.37. The van der Waals surface area contributed by atoms with E-state index in [9.17, 15) is 13.6 Å². The summed E-state index contributed by atoms with van der Waals surface area (Å²) in [5.41, 5.74) is 2.84. The van der Waals surface area contributed by atoms with Gasteiger partial charge in [0, 0.05) is 22.9 Å². The maximum atomic E-state index is 13.2. The lowest BCUT2D eigenvalue weighted by Crippen LogP contribution is -2.20. The highest BCUT2D eigenvalue weighted by molar-refractivity contribution is 5.91. The summed E-state index contributed by atoms with van der Waals surface area (Å²) in [5.74, 6) is -1.23. The zero-order valence-corrected chi connectivity index (χ0v) is 16.4. The van der Waals surface area contributed by atoms with Gasteiger partial charge in [-0.05, 0) is 43.3 Å². The molecule has 0 fully saturated rings. The Morgan fingerprint density at radius 2 is 1.68 bits per heavy atom. The number of aryl methyl sites for hydroxylation is 1. The number of anilines is 1. The van der Waals surface area contributed by atoms with Crippen LogP contribution in [0.4, 0.5) is 14.5 Å². The number of nitrogens with one attached hydrogen (secondary N) is 1. The van der Waals surface area contributed by atoms with Crippen molar-refractivity contribution >= 4 is 11.6 Å². The molecule has 0 aliphatic rings. The highest BCUT2D eigenvalue weighted by atomic mass is 19.2. The molecule has 1 amide bonds. The monoisotopic (exact) mass is 421 g/mol. The number of nitrogens with zero attached hydrogens (tertiary/aromatic N) is 2. The van der Waals surface area contributed by atoms with Crippen LogP contribution < -0.4 is 10.1 Å². The lowest BCUT2D eigenvalue weighted by Gasteiger charge is -2.08. The predicted octanol–water partition coefficient (Wildman–Crippen LogP) is 5.01. The third kappa shape index (κ3) is 4.92. The Labute approximate surface area is 176 Å². The third-order valence-electron chi connectivity index (χ3n) is 4.41. The fourth-order valence-electron chi connectivity index (χ4n) is 2.77. The van der Waals surface area contributed by atoms with Crippen molar-refractivity contribution in [1.82, 2.24) is 10.1 Å². The van der Waals surface area contributed by atoms with E-state index in [0.717, 1.165) is 23.3 Å². The van der Waals surface area contributed by atoms with Crippen molar-refractivity contribution in [1.29, 1.82) is 0 Å². The van der Waals surface area contributed by atoms with Crippen LogP contribution in [0.5, 0.6) is 5.75 Å². The molecule has 156 valence electrons. The molecular formula is C23H17F2N3O3. The van der Waals surface area contributed by atoms with Gasteiger partial charge in [-0.2, -0.15) is 4.98 Å². The lowest BCUT2D eigenvalue weighted by atomic mass is 10.1. The van der Waals surface area contributed by atoms with Crippen LogP contribution >= 0.6 is 0 Å². The number of carbonyl (C=O) groups is 1. The van der Waals surface area contributed by atoms with Crippen LogP contribution in [0.3, 0.4) is 0 Å². The van der Waals surface area contributed by atoms with Crippen molar-refractivity contribution in [2.45, 2.75) is 6.92 Å². The van der Waals surface area contributed by atoms with Crippen LogP contribution in [0.25, 0.3) is 22.8 Å². The molecule has 0 bridgehead atoms. The van der Waals surface area contributed by atoms with Crippen molar-refractivity contribution in [3.05, 3.63) is 83.9 Å². The summed E-state index contributed by atoms with van der Waals surface area (Å²) in [6.45, 7) is 1.71. The number of hydrogen-bond donors (Lipinski definition) is 1. The van der Waals surface area contributed by atoms with Gasteiger partial charge in [-0.25, -0.2) is 8.78 Å². The average molecular weight is 421 g/mol. The van der Waals surface area contributed by atoms with Crippen LogP contribution in [0.15, 0.2) is 71.3 Å². The minimum absolute atomic E-state index is 0.142. The minimum atomic E-state index is -1.04. The summed E-state index contributed by atoms with van der Waals surface area (Å²) >= 11 is 0. The first-order chi connectivity index (χ1) is 15.0. The molecule has 4 rings (SSSR count). The number of benzene rings is 3. The zero-order valence-electron chi connectivity index (χ0n) is 16.4. The van der Waals surface area contributed by atoms with Gasteiger partial charge in [0.05, 0.1) is 0 Å². The van der Waals surface area contributed by atoms with Gasteiger partial charge in [0.2, 0.25) is 5.82 Å². The Kier molecular flexibility index (Phi) is 5.70. The quantitative estimate of drug-likeness (QED) is 0.474. The van der Waals surface area contributed by atoms with E-state index in [2.05, 4.69) is 15.5 Å². The number of amides is 1. The summed E-state index contributed by atoms with van der Waals surface area (Å²) in [7, 11) is 0. The summed E-state index contributed by atoms with van der Waals surface area (Å²) in [5, 5.41) is 6.44. The molecule has 6 nitrogen and oxygen atoms in total. The number of carbonyl (C=O) groups excluding carboxylic acids is 1. The molecule has 1 heterocycles. The maximum absolute atomic E-state index is 13.2. The van der Waals surface area contributed by atoms with Gasteiger partial charge in [-0.3, -0.25) is 4.79 Å². The van der Waals surface area contributed by atoms with E-state index in [1.54, 1.807) is 24.3 Å². The van der Waals surface area contributed by atoms with E-state index < -0.39 is 17.5 Å². The zero-order chi connectivity index (χ0) is 21.8. The molecule has 8 heteroatoms. The molecule has 0 radical (unpaired) electrons. The second-order valence-corrected chi connectivity index (χ2v) is 6.78. The standard InChI is InChI=1S/C23H17F2N3O3/c1-14-2-4-15(5-3-14)22-27-23(31-28-22)16-6-9-18(10-7-16)30-13-21(29)26-17-8-11-19(24)20(25)12-17/h2-12H,13H2,1H3,(H,26,29). The minimum Gasteiger partial charge on any atom is -0.484 e. The summed E-state index contributed by atoms with van der Waals surface area (Å²) in [6, 6.07) is 17.7. The van der Waals surface area contributed by atoms with E-state index in [0.29, 0.717) is 23.0 Å². The van der Waals surface area contributed by atoms with Crippen LogP contribution in [-0.2, 0) is 4.79 Å². The van der Waals surface area contributed by atoms with Crippen molar-refractivity contribution < 1.29 is 22.8 Å². The number of halogens is 2. The van der Waals surface area contributed by atoms with Crippen molar-refractivity contribution in [3.63, 3.8) is 0 Å². The Morgan fingerprint density at radius 1 is 0.968 bits per heavy atom. The van der Waals surface area contributed by atoms with Crippen LogP contribution in [0.2, 0.25) is 0 Å².